The molecule has 0 atom stereocenters. The van der Waals surface area contributed by atoms with Crippen LogP contribution in [0.3, 0.4) is 0 Å². The number of nitro groups is 2. The topological polar surface area (TPSA) is 95.5 Å². The maximum absolute atomic E-state index is 11.0. The molecule has 0 saturated carbocycles. The molecule has 0 saturated heterocycles. The van der Waals surface area contributed by atoms with Crippen LogP contribution in [0.25, 0.3) is 0 Å². The van der Waals surface area contributed by atoms with Crippen molar-refractivity contribution in [2.75, 3.05) is 0 Å². The molecule has 0 aliphatic heterocycles. The summed E-state index contributed by atoms with van der Waals surface area (Å²) in [5, 5.41) is 21.4. The molecule has 1 rings (SSSR count). The number of nitro benzene ring substituents is 2. The zero-order chi connectivity index (χ0) is 15.0. The van der Waals surface area contributed by atoms with Crippen molar-refractivity contribution in [1.82, 2.24) is 0 Å². The van der Waals surface area contributed by atoms with Crippen molar-refractivity contribution in [3.05, 3.63) is 36.3 Å². The van der Waals surface area contributed by atoms with Gasteiger partial charge in [-0.05, 0) is 19.6 Å². The van der Waals surface area contributed by atoms with Crippen molar-refractivity contribution in [2.24, 2.45) is 0 Å². The summed E-state index contributed by atoms with van der Waals surface area (Å²) in [5.74, 6) is -0.441. The van der Waals surface area contributed by atoms with Gasteiger partial charge in [-0.1, -0.05) is 23.2 Å². The van der Waals surface area contributed by atoms with Gasteiger partial charge in [0, 0.05) is 6.07 Å². The fourth-order valence-electron chi connectivity index (χ4n) is 1.29. The first-order chi connectivity index (χ1) is 8.54. The van der Waals surface area contributed by atoms with Crippen LogP contribution in [-0.4, -0.2) is 18.2 Å². The van der Waals surface area contributed by atoms with E-state index in [9.17, 15) is 20.2 Å². The van der Waals surface area contributed by atoms with Gasteiger partial charge in [-0.15, -0.1) is 0 Å². The van der Waals surface area contributed by atoms with E-state index in [1.165, 1.54) is 0 Å². The Bertz CT molecular complexity index is 559. The Morgan fingerprint density at radius 2 is 1.68 bits per heavy atom. The minimum atomic E-state index is -2.30. The second kappa shape index (κ2) is 5.31. The molecule has 0 heterocycles. The third kappa shape index (κ3) is 3.55. The van der Waals surface area contributed by atoms with Gasteiger partial charge < -0.3 is 4.43 Å². The standard InChI is InChI=1S/C9H10Cl2N2O5Si/c1-19(2,3)18-9-6(12(14)15)4-5(10)7(11)8(9)13(16)17/h4H,1-3H3. The van der Waals surface area contributed by atoms with Crippen molar-refractivity contribution in [2.45, 2.75) is 19.6 Å². The highest BCUT2D eigenvalue weighted by Crippen LogP contribution is 2.46. The summed E-state index contributed by atoms with van der Waals surface area (Å²) in [6.45, 7) is 5.22. The zero-order valence-corrected chi connectivity index (χ0v) is 12.8. The van der Waals surface area contributed by atoms with Crippen LogP contribution in [0.5, 0.6) is 5.75 Å². The highest BCUT2D eigenvalue weighted by Gasteiger charge is 2.35. The maximum Gasteiger partial charge on any atom is 0.336 e. The van der Waals surface area contributed by atoms with Crippen molar-refractivity contribution >= 4 is 42.9 Å². The van der Waals surface area contributed by atoms with Crippen LogP contribution in [0.2, 0.25) is 29.7 Å². The number of benzene rings is 1. The van der Waals surface area contributed by atoms with Gasteiger partial charge in [-0.2, -0.15) is 0 Å². The molecule has 10 heteroatoms. The number of hydrogen-bond acceptors (Lipinski definition) is 5. The van der Waals surface area contributed by atoms with Gasteiger partial charge in [-0.3, -0.25) is 20.2 Å². The first-order valence-electron chi connectivity index (χ1n) is 5.04. The fraction of sp³-hybridized carbons (Fsp3) is 0.333. The van der Waals surface area contributed by atoms with Crippen LogP contribution in [-0.2, 0) is 0 Å². The minimum Gasteiger partial charge on any atom is -0.535 e. The van der Waals surface area contributed by atoms with Crippen molar-refractivity contribution in [1.29, 1.82) is 0 Å². The molecule has 0 unspecified atom stereocenters. The van der Waals surface area contributed by atoms with Crippen LogP contribution in [0.1, 0.15) is 0 Å². The van der Waals surface area contributed by atoms with E-state index < -0.39 is 35.3 Å². The minimum absolute atomic E-state index is 0.261. The van der Waals surface area contributed by atoms with Gasteiger partial charge in [0.25, 0.3) is 5.75 Å². The molecular weight excluding hydrogens is 315 g/mol. The Labute approximate surface area is 119 Å². The molecule has 0 aliphatic rings. The zero-order valence-electron chi connectivity index (χ0n) is 10.3. The SMILES string of the molecule is C[Si](C)(C)Oc1c([N+](=O)[O-])cc(Cl)c(Cl)c1[N+](=O)[O-]. The van der Waals surface area contributed by atoms with Crippen LogP contribution < -0.4 is 4.43 Å². The third-order valence-corrected chi connectivity index (χ3v) is 3.51. The maximum atomic E-state index is 11.0. The molecule has 0 fully saturated rings. The highest BCUT2D eigenvalue weighted by atomic mass is 35.5. The molecule has 0 aliphatic carbocycles. The lowest BCUT2D eigenvalue weighted by Gasteiger charge is -2.19. The molecule has 7 nitrogen and oxygen atoms in total. The number of halogens is 2. The molecule has 0 spiro atoms. The van der Waals surface area contributed by atoms with Crippen LogP contribution in [0.4, 0.5) is 11.4 Å². The molecule has 0 aromatic heterocycles. The van der Waals surface area contributed by atoms with Crippen molar-refractivity contribution in [3.63, 3.8) is 0 Å². The third-order valence-electron chi connectivity index (χ3n) is 1.92. The Kier molecular flexibility index (Phi) is 4.38. The lowest BCUT2D eigenvalue weighted by atomic mass is 10.2. The van der Waals surface area contributed by atoms with Crippen LogP contribution >= 0.6 is 23.2 Å². The molecule has 0 bridgehead atoms. The Morgan fingerprint density at radius 3 is 2.05 bits per heavy atom. The van der Waals surface area contributed by atoms with Crippen LogP contribution in [0.15, 0.2) is 6.07 Å². The second-order valence-electron chi connectivity index (χ2n) is 4.60. The summed E-state index contributed by atoms with van der Waals surface area (Å²) in [5.41, 5.74) is -1.24. The van der Waals surface area contributed by atoms with Gasteiger partial charge in [0.15, 0.2) is 0 Å². The monoisotopic (exact) mass is 324 g/mol. The average Bonchev–Trinajstić information content (AvgIpc) is 2.20. The molecule has 19 heavy (non-hydrogen) atoms. The first kappa shape index (κ1) is 15.7. The number of nitrogens with zero attached hydrogens (tertiary/aromatic N) is 2. The Hall–Kier alpha value is -1.38. The van der Waals surface area contributed by atoms with E-state index in [-0.39, 0.29) is 10.0 Å². The van der Waals surface area contributed by atoms with E-state index in [2.05, 4.69) is 0 Å². The van der Waals surface area contributed by atoms with Gasteiger partial charge >= 0.3 is 11.4 Å². The molecular formula is C9H10Cl2N2O5Si. The summed E-state index contributed by atoms with van der Waals surface area (Å²) in [6, 6.07) is 0.951. The predicted molar refractivity (Wildman–Crippen MR) is 73.7 cm³/mol. The number of hydrogen-bond donors (Lipinski definition) is 0. The summed E-state index contributed by atoms with van der Waals surface area (Å²) in [4.78, 5) is 20.4. The largest absolute Gasteiger partial charge is 0.535 e. The lowest BCUT2D eigenvalue weighted by molar-refractivity contribution is -0.395. The van der Waals surface area contributed by atoms with Gasteiger partial charge in [0.05, 0.1) is 14.9 Å². The molecule has 0 amide bonds. The summed E-state index contributed by atoms with van der Waals surface area (Å²) in [6.07, 6.45) is 0. The van der Waals surface area contributed by atoms with E-state index in [0.29, 0.717) is 0 Å². The van der Waals surface area contributed by atoms with E-state index in [0.717, 1.165) is 6.07 Å². The first-order valence-corrected chi connectivity index (χ1v) is 9.21. The molecule has 0 radical (unpaired) electrons. The molecule has 104 valence electrons. The number of rotatable bonds is 4. The van der Waals surface area contributed by atoms with Gasteiger partial charge in [0.2, 0.25) is 8.32 Å². The summed E-state index contributed by atoms with van der Waals surface area (Å²) >= 11 is 11.4. The highest BCUT2D eigenvalue weighted by molar-refractivity contribution is 6.70. The fourth-order valence-corrected chi connectivity index (χ4v) is 2.50. The quantitative estimate of drug-likeness (QED) is 0.473. The predicted octanol–water partition coefficient (Wildman–Crippen LogP) is 4.02. The Morgan fingerprint density at radius 1 is 1.16 bits per heavy atom. The van der Waals surface area contributed by atoms with E-state index in [4.69, 9.17) is 27.6 Å². The van der Waals surface area contributed by atoms with E-state index >= 15 is 0 Å². The summed E-state index contributed by atoms with van der Waals surface area (Å²) in [7, 11) is -2.30. The van der Waals surface area contributed by atoms with Gasteiger partial charge in [-0.25, -0.2) is 0 Å². The lowest BCUT2D eigenvalue weighted by Crippen LogP contribution is -2.30. The second-order valence-corrected chi connectivity index (χ2v) is 9.81. The van der Waals surface area contributed by atoms with E-state index in [1.807, 2.05) is 0 Å². The normalized spacial score (nSPS) is 11.2. The molecule has 0 N–H and O–H groups in total. The van der Waals surface area contributed by atoms with E-state index in [1.54, 1.807) is 19.6 Å². The van der Waals surface area contributed by atoms with Crippen molar-refractivity contribution in [3.8, 4) is 5.75 Å². The van der Waals surface area contributed by atoms with Gasteiger partial charge in [0.1, 0.15) is 5.02 Å². The average molecular weight is 325 g/mol. The summed E-state index contributed by atoms with van der Waals surface area (Å²) < 4.78 is 5.43. The molecule has 1 aromatic rings. The smallest absolute Gasteiger partial charge is 0.336 e. The molecule has 1 aromatic carbocycles. The van der Waals surface area contributed by atoms with Crippen LogP contribution in [0, 0.1) is 20.2 Å². The van der Waals surface area contributed by atoms with Crippen molar-refractivity contribution < 1.29 is 14.3 Å². The Balaban J connectivity index is 3.67.